The molecule has 0 aliphatic rings. The second-order valence-corrected chi connectivity index (χ2v) is 6.35. The smallest absolute Gasteiger partial charge is 0.356 e. The molecule has 0 atom stereocenters. The zero-order valence-corrected chi connectivity index (χ0v) is 16.6. The molecule has 0 unspecified atom stereocenters. The Kier molecular flexibility index (Phi) is 6.26. The lowest BCUT2D eigenvalue weighted by Gasteiger charge is -2.09. The van der Waals surface area contributed by atoms with Gasteiger partial charge in [0.15, 0.2) is 0 Å². The SMILES string of the molecule is CCOC(=O)c1c(S)c(C(=O)OCC)n2cc(OCc3ccccc3)ccc12. The van der Waals surface area contributed by atoms with Gasteiger partial charge >= 0.3 is 11.9 Å². The van der Waals surface area contributed by atoms with Crippen molar-refractivity contribution in [3.05, 3.63) is 65.5 Å². The van der Waals surface area contributed by atoms with Gasteiger partial charge < -0.3 is 18.6 Å². The summed E-state index contributed by atoms with van der Waals surface area (Å²) >= 11 is 4.41. The Morgan fingerprint density at radius 2 is 1.64 bits per heavy atom. The number of hydrogen-bond donors (Lipinski definition) is 1. The Labute approximate surface area is 168 Å². The van der Waals surface area contributed by atoms with E-state index in [2.05, 4.69) is 12.6 Å². The summed E-state index contributed by atoms with van der Waals surface area (Å²) in [6, 6.07) is 13.2. The van der Waals surface area contributed by atoms with Crippen molar-refractivity contribution in [2.75, 3.05) is 13.2 Å². The van der Waals surface area contributed by atoms with Gasteiger partial charge in [0.25, 0.3) is 0 Å². The molecule has 0 saturated heterocycles. The molecule has 0 radical (unpaired) electrons. The number of esters is 2. The van der Waals surface area contributed by atoms with Crippen molar-refractivity contribution in [2.24, 2.45) is 0 Å². The lowest BCUT2D eigenvalue weighted by atomic mass is 10.2. The van der Waals surface area contributed by atoms with E-state index in [1.54, 1.807) is 36.6 Å². The van der Waals surface area contributed by atoms with Crippen LogP contribution in [0.3, 0.4) is 0 Å². The first kappa shape index (κ1) is 19.8. The first-order valence-electron chi connectivity index (χ1n) is 8.94. The Balaban J connectivity index is 2.03. The average molecular weight is 399 g/mol. The molecule has 2 aromatic heterocycles. The lowest BCUT2D eigenvalue weighted by Crippen LogP contribution is -2.09. The Morgan fingerprint density at radius 3 is 2.32 bits per heavy atom. The summed E-state index contributed by atoms with van der Waals surface area (Å²) in [6.07, 6.45) is 1.65. The molecule has 0 fully saturated rings. The highest BCUT2D eigenvalue weighted by Gasteiger charge is 2.27. The topological polar surface area (TPSA) is 66.2 Å². The van der Waals surface area contributed by atoms with Crippen LogP contribution in [0.1, 0.15) is 40.3 Å². The minimum Gasteiger partial charge on any atom is -0.487 e. The molecule has 2 heterocycles. The molecule has 1 aromatic carbocycles. The molecule has 0 N–H and O–H groups in total. The summed E-state index contributed by atoms with van der Waals surface area (Å²) in [5, 5.41) is 0. The third-order valence-corrected chi connectivity index (χ3v) is 4.51. The third kappa shape index (κ3) is 3.99. The molecule has 28 heavy (non-hydrogen) atoms. The minimum atomic E-state index is -0.571. The van der Waals surface area contributed by atoms with Gasteiger partial charge in [-0.3, -0.25) is 0 Å². The molecule has 0 saturated carbocycles. The van der Waals surface area contributed by atoms with Crippen LogP contribution >= 0.6 is 12.6 Å². The van der Waals surface area contributed by atoms with E-state index in [0.717, 1.165) is 5.56 Å². The maximum Gasteiger partial charge on any atom is 0.356 e. The van der Waals surface area contributed by atoms with E-state index in [0.29, 0.717) is 17.9 Å². The van der Waals surface area contributed by atoms with Crippen molar-refractivity contribution in [3.63, 3.8) is 0 Å². The molecular weight excluding hydrogens is 378 g/mol. The van der Waals surface area contributed by atoms with Gasteiger partial charge in [-0.2, -0.15) is 0 Å². The first-order valence-corrected chi connectivity index (χ1v) is 9.39. The second-order valence-electron chi connectivity index (χ2n) is 5.91. The summed E-state index contributed by atoms with van der Waals surface area (Å²) in [4.78, 5) is 25.1. The molecule has 0 aliphatic heterocycles. The predicted octanol–water partition coefficient (Wildman–Crippen LogP) is 4.16. The van der Waals surface area contributed by atoms with E-state index in [4.69, 9.17) is 14.2 Å². The fourth-order valence-corrected chi connectivity index (χ4v) is 3.25. The average Bonchev–Trinajstić information content (AvgIpc) is 2.98. The molecule has 6 nitrogen and oxygen atoms in total. The molecule has 3 aromatic rings. The largest absolute Gasteiger partial charge is 0.487 e. The summed E-state index contributed by atoms with van der Waals surface area (Å²) in [7, 11) is 0. The fourth-order valence-electron chi connectivity index (χ4n) is 2.85. The van der Waals surface area contributed by atoms with Crippen molar-refractivity contribution < 1.29 is 23.8 Å². The van der Waals surface area contributed by atoms with Crippen LogP contribution in [-0.4, -0.2) is 29.6 Å². The van der Waals surface area contributed by atoms with Crippen LogP contribution < -0.4 is 4.74 Å². The number of rotatable bonds is 7. The molecule has 3 rings (SSSR count). The number of fused-ring (bicyclic) bond motifs is 1. The monoisotopic (exact) mass is 399 g/mol. The predicted molar refractivity (Wildman–Crippen MR) is 107 cm³/mol. The number of pyridine rings is 1. The number of carbonyl (C=O) groups excluding carboxylic acids is 2. The van der Waals surface area contributed by atoms with Crippen molar-refractivity contribution in [1.29, 1.82) is 0 Å². The third-order valence-electron chi connectivity index (χ3n) is 4.08. The molecular formula is C21H21NO5S. The van der Waals surface area contributed by atoms with Crippen LogP contribution in [0.4, 0.5) is 0 Å². The number of nitrogens with zero attached hydrogens (tertiary/aromatic N) is 1. The van der Waals surface area contributed by atoms with Crippen molar-refractivity contribution in [2.45, 2.75) is 25.3 Å². The highest BCUT2D eigenvalue weighted by Crippen LogP contribution is 2.30. The summed E-state index contributed by atoms with van der Waals surface area (Å²) in [6.45, 7) is 4.23. The molecule has 0 amide bonds. The van der Waals surface area contributed by atoms with Crippen molar-refractivity contribution >= 4 is 30.1 Å². The Bertz CT molecular complexity index is 997. The standard InChI is InChI=1S/C21H21NO5S/c1-3-25-20(23)17-16-11-10-15(27-13-14-8-6-5-7-9-14)12-22(16)18(19(17)28)21(24)26-4-2/h5-12,28H,3-4,13H2,1-2H3. The Morgan fingerprint density at radius 1 is 0.964 bits per heavy atom. The van der Waals surface area contributed by atoms with E-state index < -0.39 is 11.9 Å². The zero-order chi connectivity index (χ0) is 20.1. The molecule has 146 valence electrons. The summed E-state index contributed by atoms with van der Waals surface area (Å²) in [5.41, 5.74) is 1.90. The van der Waals surface area contributed by atoms with Crippen LogP contribution in [0.15, 0.2) is 53.6 Å². The maximum absolute atomic E-state index is 12.5. The van der Waals surface area contributed by atoms with E-state index in [-0.39, 0.29) is 29.4 Å². The van der Waals surface area contributed by atoms with Gasteiger partial charge in [0.2, 0.25) is 0 Å². The van der Waals surface area contributed by atoms with Gasteiger partial charge in [-0.1, -0.05) is 30.3 Å². The fraction of sp³-hybridized carbons (Fsp3) is 0.238. The van der Waals surface area contributed by atoms with Crippen LogP contribution in [-0.2, 0) is 16.1 Å². The van der Waals surface area contributed by atoms with Crippen LogP contribution in [0.2, 0.25) is 0 Å². The number of benzene rings is 1. The number of aromatic nitrogens is 1. The second kappa shape index (κ2) is 8.84. The minimum absolute atomic E-state index is 0.161. The van der Waals surface area contributed by atoms with Crippen molar-refractivity contribution in [1.82, 2.24) is 4.40 Å². The molecule has 7 heteroatoms. The molecule has 0 spiro atoms. The van der Waals surface area contributed by atoms with Crippen LogP contribution in [0.25, 0.3) is 5.52 Å². The normalized spacial score (nSPS) is 10.7. The van der Waals surface area contributed by atoms with Gasteiger partial charge in [-0.15, -0.1) is 12.6 Å². The van der Waals surface area contributed by atoms with Gasteiger partial charge in [-0.25, -0.2) is 9.59 Å². The van der Waals surface area contributed by atoms with E-state index >= 15 is 0 Å². The Hall–Kier alpha value is -2.93. The quantitative estimate of drug-likeness (QED) is 0.477. The van der Waals surface area contributed by atoms with Gasteiger partial charge in [0.1, 0.15) is 18.1 Å². The van der Waals surface area contributed by atoms with E-state index in [1.807, 2.05) is 30.3 Å². The molecule has 0 aliphatic carbocycles. The van der Waals surface area contributed by atoms with E-state index in [9.17, 15) is 9.59 Å². The first-order chi connectivity index (χ1) is 13.6. The lowest BCUT2D eigenvalue weighted by molar-refractivity contribution is 0.0514. The summed E-state index contributed by atoms with van der Waals surface area (Å²) in [5.74, 6) is -0.572. The van der Waals surface area contributed by atoms with Gasteiger partial charge in [0.05, 0.1) is 35.4 Å². The molecule has 0 bridgehead atoms. The van der Waals surface area contributed by atoms with Crippen LogP contribution in [0, 0.1) is 0 Å². The van der Waals surface area contributed by atoms with Crippen LogP contribution in [0.5, 0.6) is 5.75 Å². The number of thiol groups is 1. The van der Waals surface area contributed by atoms with Gasteiger partial charge in [-0.05, 0) is 31.5 Å². The van der Waals surface area contributed by atoms with Crippen molar-refractivity contribution in [3.8, 4) is 5.75 Å². The number of ether oxygens (including phenoxy) is 3. The number of carbonyl (C=O) groups is 2. The van der Waals surface area contributed by atoms with Gasteiger partial charge in [0, 0.05) is 0 Å². The highest BCUT2D eigenvalue weighted by atomic mass is 32.1. The number of hydrogen-bond acceptors (Lipinski definition) is 6. The van der Waals surface area contributed by atoms with E-state index in [1.165, 1.54) is 0 Å². The summed E-state index contributed by atoms with van der Waals surface area (Å²) < 4.78 is 17.7. The maximum atomic E-state index is 12.5. The highest BCUT2D eigenvalue weighted by molar-refractivity contribution is 7.80. The zero-order valence-electron chi connectivity index (χ0n) is 15.7.